The number of carbonyl (C=O) groups excluding carboxylic acids is 2. The van der Waals surface area contributed by atoms with Gasteiger partial charge in [-0.3, -0.25) is 9.59 Å². The molecule has 32 heavy (non-hydrogen) atoms. The maximum Gasteiger partial charge on any atom is 0.254 e. The van der Waals surface area contributed by atoms with E-state index in [9.17, 15) is 9.59 Å². The summed E-state index contributed by atoms with van der Waals surface area (Å²) >= 11 is 0. The molecule has 1 amide bonds. The van der Waals surface area contributed by atoms with Crippen molar-refractivity contribution in [1.82, 2.24) is 4.90 Å². The minimum Gasteiger partial charge on any atom is -0.497 e. The first-order valence-corrected chi connectivity index (χ1v) is 10.4. The lowest BCUT2D eigenvalue weighted by atomic mass is 9.82. The molecule has 1 fully saturated rings. The summed E-state index contributed by atoms with van der Waals surface area (Å²) in [6, 6.07) is 8.53. The number of Topliss-reactive ketones (excluding diaryl/α,β-unsaturated/α-hetero) is 1. The molecule has 0 atom stereocenters. The van der Waals surface area contributed by atoms with Gasteiger partial charge in [0.25, 0.3) is 5.91 Å². The largest absolute Gasteiger partial charge is 0.497 e. The zero-order valence-corrected chi connectivity index (χ0v) is 18.7. The normalized spacial score (nSPS) is 16.8. The van der Waals surface area contributed by atoms with Crippen LogP contribution in [0.3, 0.4) is 0 Å². The molecule has 0 radical (unpaired) electrons. The number of methoxy groups -OCH3 is 4. The van der Waals surface area contributed by atoms with Gasteiger partial charge in [0.2, 0.25) is 0 Å². The van der Waals surface area contributed by atoms with Crippen molar-refractivity contribution in [3.63, 3.8) is 0 Å². The van der Waals surface area contributed by atoms with Crippen LogP contribution in [0.1, 0.15) is 40.0 Å². The molecule has 8 nitrogen and oxygen atoms in total. The molecule has 2 aliphatic rings. The SMILES string of the molecule is COc1cc(OC)cc(C(=O)N2CCC3(CC2)CC(=O)c2c(OC)cc(OC)cc2O3)c1. The van der Waals surface area contributed by atoms with Crippen LogP contribution in [-0.2, 0) is 0 Å². The molecular formula is C24H27NO7. The topological polar surface area (TPSA) is 83.5 Å². The van der Waals surface area contributed by atoms with Crippen molar-refractivity contribution < 1.29 is 33.3 Å². The van der Waals surface area contributed by atoms with Gasteiger partial charge >= 0.3 is 0 Å². The molecule has 170 valence electrons. The number of ether oxygens (including phenoxy) is 5. The van der Waals surface area contributed by atoms with Gasteiger partial charge in [-0.2, -0.15) is 0 Å². The van der Waals surface area contributed by atoms with Crippen LogP contribution in [0.25, 0.3) is 0 Å². The van der Waals surface area contributed by atoms with Gasteiger partial charge in [0.15, 0.2) is 5.78 Å². The van der Waals surface area contributed by atoms with Gasteiger partial charge in [-0.25, -0.2) is 0 Å². The lowest BCUT2D eigenvalue weighted by Gasteiger charge is -2.44. The third kappa shape index (κ3) is 3.92. The minimum atomic E-state index is -0.649. The van der Waals surface area contributed by atoms with Crippen molar-refractivity contribution >= 4 is 11.7 Å². The van der Waals surface area contributed by atoms with E-state index in [-0.39, 0.29) is 18.1 Å². The molecule has 2 heterocycles. The molecule has 0 aliphatic carbocycles. The van der Waals surface area contributed by atoms with Crippen LogP contribution >= 0.6 is 0 Å². The van der Waals surface area contributed by atoms with Crippen LogP contribution in [0.2, 0.25) is 0 Å². The van der Waals surface area contributed by atoms with E-state index in [4.69, 9.17) is 23.7 Å². The van der Waals surface area contributed by atoms with E-state index in [2.05, 4.69) is 0 Å². The molecular weight excluding hydrogens is 414 g/mol. The highest BCUT2D eigenvalue weighted by Crippen LogP contribution is 2.45. The number of benzene rings is 2. The summed E-state index contributed by atoms with van der Waals surface area (Å²) in [6.45, 7) is 0.949. The second-order valence-corrected chi connectivity index (χ2v) is 7.98. The van der Waals surface area contributed by atoms with E-state index < -0.39 is 5.60 Å². The number of rotatable bonds is 5. The molecule has 0 saturated carbocycles. The molecule has 8 heteroatoms. The fourth-order valence-electron chi connectivity index (χ4n) is 4.36. The van der Waals surface area contributed by atoms with Crippen molar-refractivity contribution in [2.24, 2.45) is 0 Å². The Balaban J connectivity index is 1.53. The van der Waals surface area contributed by atoms with Crippen molar-refractivity contribution in [3.05, 3.63) is 41.5 Å². The Morgan fingerprint density at radius 3 is 2.03 bits per heavy atom. The quantitative estimate of drug-likeness (QED) is 0.704. The van der Waals surface area contributed by atoms with E-state index in [1.165, 1.54) is 7.11 Å². The molecule has 2 aromatic rings. The number of hydrogen-bond donors (Lipinski definition) is 0. The smallest absolute Gasteiger partial charge is 0.254 e. The van der Waals surface area contributed by atoms with Crippen molar-refractivity contribution in [2.75, 3.05) is 41.5 Å². The second-order valence-electron chi connectivity index (χ2n) is 7.98. The molecule has 2 aromatic carbocycles. The van der Waals surface area contributed by atoms with Crippen LogP contribution in [0.5, 0.6) is 28.7 Å². The van der Waals surface area contributed by atoms with Crippen LogP contribution < -0.4 is 23.7 Å². The third-order valence-corrected chi connectivity index (χ3v) is 6.14. The van der Waals surface area contributed by atoms with Gasteiger partial charge < -0.3 is 28.6 Å². The number of likely N-dealkylation sites (tertiary alicyclic amines) is 1. The number of hydrogen-bond acceptors (Lipinski definition) is 7. The Morgan fingerprint density at radius 2 is 1.47 bits per heavy atom. The Morgan fingerprint density at radius 1 is 0.875 bits per heavy atom. The predicted octanol–water partition coefficient (Wildman–Crippen LogP) is 3.36. The molecule has 0 N–H and O–H groups in total. The third-order valence-electron chi connectivity index (χ3n) is 6.14. The molecule has 0 unspecified atom stereocenters. The Kier molecular flexibility index (Phi) is 5.86. The van der Waals surface area contributed by atoms with Crippen LogP contribution in [-0.4, -0.2) is 63.7 Å². The van der Waals surface area contributed by atoms with Crippen molar-refractivity contribution in [2.45, 2.75) is 24.9 Å². The minimum absolute atomic E-state index is 0.0249. The summed E-state index contributed by atoms with van der Waals surface area (Å²) in [5.74, 6) is 2.45. The van der Waals surface area contributed by atoms with Crippen molar-refractivity contribution in [1.29, 1.82) is 0 Å². The van der Waals surface area contributed by atoms with Crippen LogP contribution in [0, 0.1) is 0 Å². The summed E-state index contributed by atoms with van der Waals surface area (Å²) in [5.41, 5.74) is 0.295. The highest BCUT2D eigenvalue weighted by molar-refractivity contribution is 6.03. The number of fused-ring (bicyclic) bond motifs is 1. The van der Waals surface area contributed by atoms with E-state index in [0.29, 0.717) is 65.8 Å². The maximum absolute atomic E-state index is 13.1. The zero-order chi connectivity index (χ0) is 22.9. The fraction of sp³-hybridized carbons (Fsp3) is 0.417. The Labute approximate surface area is 187 Å². The molecule has 0 aromatic heterocycles. The molecule has 1 spiro atoms. The number of piperidine rings is 1. The number of ketones is 1. The molecule has 2 aliphatic heterocycles. The Bertz CT molecular complexity index is 1020. The lowest BCUT2D eigenvalue weighted by molar-refractivity contribution is -0.00612. The highest BCUT2D eigenvalue weighted by Gasteiger charge is 2.45. The number of nitrogens with zero attached hydrogens (tertiary/aromatic N) is 1. The first-order chi connectivity index (χ1) is 15.4. The summed E-state index contributed by atoms with van der Waals surface area (Å²) < 4.78 is 27.6. The summed E-state index contributed by atoms with van der Waals surface area (Å²) in [7, 11) is 6.17. The fourth-order valence-corrected chi connectivity index (χ4v) is 4.36. The summed E-state index contributed by atoms with van der Waals surface area (Å²) in [6.07, 6.45) is 1.34. The first kappa shape index (κ1) is 21.8. The Hall–Kier alpha value is -3.42. The number of carbonyl (C=O) groups is 2. The van der Waals surface area contributed by atoms with E-state index in [0.717, 1.165) is 0 Å². The van der Waals surface area contributed by atoms with E-state index in [1.807, 2.05) is 0 Å². The van der Waals surface area contributed by atoms with Gasteiger partial charge in [-0.05, 0) is 12.1 Å². The highest BCUT2D eigenvalue weighted by atomic mass is 16.5. The van der Waals surface area contributed by atoms with Gasteiger partial charge in [-0.1, -0.05) is 0 Å². The monoisotopic (exact) mass is 441 g/mol. The molecule has 1 saturated heterocycles. The zero-order valence-electron chi connectivity index (χ0n) is 18.7. The lowest BCUT2D eigenvalue weighted by Crippen LogP contribution is -2.52. The second kappa shape index (κ2) is 8.61. The average Bonchev–Trinajstić information content (AvgIpc) is 2.82. The van der Waals surface area contributed by atoms with Crippen LogP contribution in [0.15, 0.2) is 30.3 Å². The van der Waals surface area contributed by atoms with E-state index in [1.54, 1.807) is 56.6 Å². The average molecular weight is 441 g/mol. The first-order valence-electron chi connectivity index (χ1n) is 10.4. The summed E-state index contributed by atoms with van der Waals surface area (Å²) in [5, 5.41) is 0. The molecule has 0 bridgehead atoms. The summed E-state index contributed by atoms with van der Waals surface area (Å²) in [4.78, 5) is 27.9. The van der Waals surface area contributed by atoms with E-state index >= 15 is 0 Å². The van der Waals surface area contributed by atoms with Gasteiger partial charge in [-0.15, -0.1) is 0 Å². The standard InChI is InChI=1S/C24H27NO7/c1-28-16-9-15(10-17(11-16)29-2)23(27)25-7-5-24(6-8-25)14-19(26)22-20(31-4)12-18(30-3)13-21(22)32-24/h9-13H,5-8,14H2,1-4H3. The van der Waals surface area contributed by atoms with Crippen molar-refractivity contribution in [3.8, 4) is 28.7 Å². The maximum atomic E-state index is 13.1. The predicted molar refractivity (Wildman–Crippen MR) is 117 cm³/mol. The van der Waals surface area contributed by atoms with Gasteiger partial charge in [0, 0.05) is 49.7 Å². The molecule has 4 rings (SSSR count). The number of amides is 1. The van der Waals surface area contributed by atoms with Gasteiger partial charge in [0.1, 0.15) is 39.9 Å². The van der Waals surface area contributed by atoms with Crippen LogP contribution in [0.4, 0.5) is 0 Å². The van der Waals surface area contributed by atoms with Gasteiger partial charge in [0.05, 0.1) is 34.9 Å².